The second-order valence-corrected chi connectivity index (χ2v) is 3.06. The first-order valence-electron chi connectivity index (χ1n) is 3.73. The first-order chi connectivity index (χ1) is 5.77. The number of anilines is 2. The van der Waals surface area contributed by atoms with Crippen molar-refractivity contribution in [3.8, 4) is 5.75 Å². The van der Waals surface area contributed by atoms with Gasteiger partial charge in [0, 0.05) is 12.2 Å². The van der Waals surface area contributed by atoms with Crippen molar-refractivity contribution in [2.75, 3.05) is 24.2 Å². The Balaban J connectivity index is 2.53. The third-order valence-corrected chi connectivity index (χ3v) is 2.01. The van der Waals surface area contributed by atoms with E-state index in [1.54, 1.807) is 6.07 Å². The second-order valence-electron chi connectivity index (χ2n) is 2.65. The summed E-state index contributed by atoms with van der Waals surface area (Å²) in [6.45, 7) is 1.45. The third kappa shape index (κ3) is 1.16. The zero-order valence-corrected chi connectivity index (χ0v) is 7.19. The lowest BCUT2D eigenvalue weighted by Gasteiger charge is -2.20. The van der Waals surface area contributed by atoms with Gasteiger partial charge in [0.2, 0.25) is 0 Å². The smallest absolute Gasteiger partial charge is 0.161 e. The van der Waals surface area contributed by atoms with Gasteiger partial charge in [0.25, 0.3) is 0 Å². The standard InChI is InChI=1S/C8H9ClN2O/c9-6-3-5(10)4-7-8(6)12-2-1-11-7/h3-4,11H,1-2,10H2. The fourth-order valence-electron chi connectivity index (χ4n) is 1.23. The molecule has 1 aromatic carbocycles. The van der Waals surface area contributed by atoms with Crippen LogP contribution in [0.3, 0.4) is 0 Å². The van der Waals surface area contributed by atoms with Gasteiger partial charge in [-0.2, -0.15) is 0 Å². The van der Waals surface area contributed by atoms with Crippen LogP contribution >= 0.6 is 11.6 Å². The summed E-state index contributed by atoms with van der Waals surface area (Å²) < 4.78 is 5.36. The van der Waals surface area contributed by atoms with Crippen molar-refractivity contribution < 1.29 is 4.74 Å². The van der Waals surface area contributed by atoms with E-state index < -0.39 is 0 Å². The van der Waals surface area contributed by atoms with E-state index in [4.69, 9.17) is 22.1 Å². The first kappa shape index (κ1) is 7.55. The van der Waals surface area contributed by atoms with Gasteiger partial charge in [-0.25, -0.2) is 0 Å². The number of nitrogens with one attached hydrogen (secondary N) is 1. The van der Waals surface area contributed by atoms with Gasteiger partial charge < -0.3 is 15.8 Å². The lowest BCUT2D eigenvalue weighted by Crippen LogP contribution is -2.18. The molecule has 0 fully saturated rings. The van der Waals surface area contributed by atoms with E-state index in [1.165, 1.54) is 0 Å². The Morgan fingerprint density at radius 1 is 1.50 bits per heavy atom. The van der Waals surface area contributed by atoms with E-state index in [-0.39, 0.29) is 0 Å². The molecule has 64 valence electrons. The van der Waals surface area contributed by atoms with Gasteiger partial charge in [0.15, 0.2) is 5.75 Å². The van der Waals surface area contributed by atoms with Crippen LogP contribution in [0.15, 0.2) is 12.1 Å². The number of halogens is 1. The highest BCUT2D eigenvalue weighted by atomic mass is 35.5. The van der Waals surface area contributed by atoms with Crippen LogP contribution in [-0.4, -0.2) is 13.2 Å². The maximum absolute atomic E-state index is 5.90. The van der Waals surface area contributed by atoms with E-state index in [0.29, 0.717) is 23.1 Å². The molecular formula is C8H9ClN2O. The summed E-state index contributed by atoms with van der Waals surface area (Å²) in [6.07, 6.45) is 0. The zero-order chi connectivity index (χ0) is 8.55. The molecule has 0 bridgehead atoms. The number of hydrogen-bond acceptors (Lipinski definition) is 3. The molecular weight excluding hydrogens is 176 g/mol. The molecule has 12 heavy (non-hydrogen) atoms. The fraction of sp³-hybridized carbons (Fsp3) is 0.250. The van der Waals surface area contributed by atoms with Gasteiger partial charge in [0.05, 0.1) is 10.7 Å². The summed E-state index contributed by atoms with van der Waals surface area (Å²) in [4.78, 5) is 0. The van der Waals surface area contributed by atoms with E-state index in [9.17, 15) is 0 Å². The normalized spacial score (nSPS) is 14.4. The summed E-state index contributed by atoms with van der Waals surface area (Å²) in [6, 6.07) is 3.51. The first-order valence-corrected chi connectivity index (χ1v) is 4.11. The van der Waals surface area contributed by atoms with Crippen molar-refractivity contribution >= 4 is 23.0 Å². The Morgan fingerprint density at radius 2 is 2.33 bits per heavy atom. The Kier molecular flexibility index (Phi) is 1.73. The molecule has 0 aliphatic carbocycles. The number of ether oxygens (including phenoxy) is 1. The van der Waals surface area contributed by atoms with Crippen LogP contribution in [0.1, 0.15) is 0 Å². The largest absolute Gasteiger partial charge is 0.488 e. The molecule has 4 heteroatoms. The van der Waals surface area contributed by atoms with Gasteiger partial charge >= 0.3 is 0 Å². The Labute approximate surface area is 75.5 Å². The number of hydrogen-bond donors (Lipinski definition) is 2. The van der Waals surface area contributed by atoms with Crippen molar-refractivity contribution in [2.45, 2.75) is 0 Å². The van der Waals surface area contributed by atoms with Gasteiger partial charge in [-0.15, -0.1) is 0 Å². The second kappa shape index (κ2) is 2.75. The fourth-order valence-corrected chi connectivity index (χ4v) is 1.51. The van der Waals surface area contributed by atoms with Gasteiger partial charge in [-0.05, 0) is 12.1 Å². The molecule has 3 nitrogen and oxygen atoms in total. The number of nitrogens with two attached hydrogens (primary N) is 1. The Morgan fingerprint density at radius 3 is 3.17 bits per heavy atom. The molecule has 0 atom stereocenters. The maximum Gasteiger partial charge on any atom is 0.161 e. The topological polar surface area (TPSA) is 47.3 Å². The van der Waals surface area contributed by atoms with Crippen LogP contribution in [0.5, 0.6) is 5.75 Å². The van der Waals surface area contributed by atoms with E-state index in [2.05, 4.69) is 5.32 Å². The third-order valence-electron chi connectivity index (χ3n) is 1.73. The van der Waals surface area contributed by atoms with Gasteiger partial charge in [0.1, 0.15) is 6.61 Å². The van der Waals surface area contributed by atoms with Crippen LogP contribution in [0.25, 0.3) is 0 Å². The summed E-state index contributed by atoms with van der Waals surface area (Å²) in [5.41, 5.74) is 7.13. The van der Waals surface area contributed by atoms with Crippen LogP contribution < -0.4 is 15.8 Å². The molecule has 1 heterocycles. The van der Waals surface area contributed by atoms with Crippen molar-refractivity contribution in [2.24, 2.45) is 0 Å². The highest BCUT2D eigenvalue weighted by Gasteiger charge is 2.13. The van der Waals surface area contributed by atoms with Crippen LogP contribution in [0.2, 0.25) is 5.02 Å². The SMILES string of the molecule is Nc1cc(Cl)c2c(c1)NCCO2. The van der Waals surface area contributed by atoms with Crippen molar-refractivity contribution in [1.82, 2.24) is 0 Å². The average Bonchev–Trinajstić information content (AvgIpc) is 2.04. The van der Waals surface area contributed by atoms with Gasteiger partial charge in [-0.1, -0.05) is 11.6 Å². The minimum atomic E-state index is 0.567. The molecule has 0 saturated carbocycles. The number of fused-ring (bicyclic) bond motifs is 1. The maximum atomic E-state index is 5.90. The lowest BCUT2D eigenvalue weighted by atomic mass is 10.2. The zero-order valence-electron chi connectivity index (χ0n) is 6.43. The molecule has 1 aliphatic heterocycles. The summed E-state index contributed by atoms with van der Waals surface area (Å²) in [7, 11) is 0. The van der Waals surface area contributed by atoms with Crippen LogP contribution in [0, 0.1) is 0 Å². The molecule has 0 radical (unpaired) electrons. The Bertz CT molecular complexity index is 314. The van der Waals surface area contributed by atoms with E-state index >= 15 is 0 Å². The predicted octanol–water partition coefficient (Wildman–Crippen LogP) is 1.73. The minimum Gasteiger partial charge on any atom is -0.488 e. The lowest BCUT2D eigenvalue weighted by molar-refractivity contribution is 0.323. The van der Waals surface area contributed by atoms with Crippen LogP contribution in [-0.2, 0) is 0 Å². The molecule has 0 aromatic heterocycles. The average molecular weight is 185 g/mol. The van der Waals surface area contributed by atoms with Crippen molar-refractivity contribution in [3.63, 3.8) is 0 Å². The number of benzene rings is 1. The highest BCUT2D eigenvalue weighted by molar-refractivity contribution is 6.32. The summed E-state index contributed by atoms with van der Waals surface area (Å²) in [5.74, 6) is 0.706. The molecule has 3 N–H and O–H groups in total. The predicted molar refractivity (Wildman–Crippen MR) is 49.8 cm³/mol. The monoisotopic (exact) mass is 184 g/mol. The van der Waals surface area contributed by atoms with Gasteiger partial charge in [-0.3, -0.25) is 0 Å². The number of nitrogen functional groups attached to an aromatic ring is 1. The molecule has 0 unspecified atom stereocenters. The molecule has 0 spiro atoms. The minimum absolute atomic E-state index is 0.567. The van der Waals surface area contributed by atoms with Crippen molar-refractivity contribution in [3.05, 3.63) is 17.2 Å². The molecule has 0 amide bonds. The summed E-state index contributed by atoms with van der Waals surface area (Å²) >= 11 is 5.90. The van der Waals surface area contributed by atoms with Crippen molar-refractivity contribution in [1.29, 1.82) is 0 Å². The Hall–Kier alpha value is -1.09. The number of rotatable bonds is 0. The van der Waals surface area contributed by atoms with Crippen LogP contribution in [0.4, 0.5) is 11.4 Å². The molecule has 1 aromatic rings. The van der Waals surface area contributed by atoms with E-state index in [1.807, 2.05) is 6.07 Å². The molecule has 2 rings (SSSR count). The van der Waals surface area contributed by atoms with E-state index in [0.717, 1.165) is 12.2 Å². The molecule has 0 saturated heterocycles. The summed E-state index contributed by atoms with van der Waals surface area (Å²) in [5, 5.41) is 3.72. The highest BCUT2D eigenvalue weighted by Crippen LogP contribution is 2.36. The quantitative estimate of drug-likeness (QED) is 0.604. The molecule has 1 aliphatic rings.